The molecule has 0 aliphatic carbocycles. The first-order valence-electron chi connectivity index (χ1n) is 7.41. The predicted molar refractivity (Wildman–Crippen MR) is 77.8 cm³/mol. The first kappa shape index (κ1) is 13.5. The molecule has 3 aliphatic heterocycles. The van der Waals surface area contributed by atoms with Gasteiger partial charge in [0.2, 0.25) is 5.91 Å². The Balaban J connectivity index is 1.70. The van der Waals surface area contributed by atoms with Gasteiger partial charge in [-0.1, -0.05) is 42.5 Å². The average Bonchev–Trinajstić information content (AvgIpc) is 3.07. The third kappa shape index (κ3) is 1.47. The summed E-state index contributed by atoms with van der Waals surface area (Å²) in [7, 11) is 0. The van der Waals surface area contributed by atoms with Crippen molar-refractivity contribution in [2.24, 2.45) is 11.3 Å². The minimum absolute atomic E-state index is 0.129. The van der Waals surface area contributed by atoms with Gasteiger partial charge in [0.05, 0.1) is 18.1 Å². The Morgan fingerprint density at radius 1 is 1.41 bits per heavy atom. The van der Waals surface area contributed by atoms with Crippen molar-refractivity contribution in [3.63, 3.8) is 0 Å². The van der Waals surface area contributed by atoms with Crippen molar-refractivity contribution in [3.05, 3.63) is 48.0 Å². The van der Waals surface area contributed by atoms with Crippen molar-refractivity contribution in [1.29, 1.82) is 0 Å². The molecule has 4 atom stereocenters. The number of hydrogen-bond acceptors (Lipinski definition) is 3. The lowest BCUT2D eigenvalue weighted by atomic mass is 9.65. The number of fused-ring (bicyclic) bond motifs is 1. The van der Waals surface area contributed by atoms with Crippen LogP contribution in [0, 0.1) is 11.3 Å². The molecule has 1 aromatic rings. The highest BCUT2D eigenvalue weighted by molar-refractivity contribution is 5.94. The van der Waals surface area contributed by atoms with Crippen LogP contribution >= 0.6 is 0 Å². The number of amides is 1. The summed E-state index contributed by atoms with van der Waals surface area (Å²) in [6, 6.07) is 9.71. The molecule has 5 heteroatoms. The summed E-state index contributed by atoms with van der Waals surface area (Å²) in [6.07, 6.45) is 3.19. The molecule has 5 nitrogen and oxygen atoms in total. The SMILES string of the molecule is CC12C(=O)N(Cc3ccccc3)CC13C=CC(O3)C2C(=O)O. The number of carboxylic acid groups (broad SMARTS) is 1. The van der Waals surface area contributed by atoms with E-state index in [1.807, 2.05) is 36.4 Å². The predicted octanol–water partition coefficient (Wildman–Crippen LogP) is 1.44. The highest BCUT2D eigenvalue weighted by Crippen LogP contribution is 2.60. The van der Waals surface area contributed by atoms with Crippen molar-refractivity contribution < 1.29 is 19.4 Å². The third-order valence-electron chi connectivity index (χ3n) is 5.37. The van der Waals surface area contributed by atoms with Gasteiger partial charge in [-0.15, -0.1) is 0 Å². The summed E-state index contributed by atoms with van der Waals surface area (Å²) in [5.74, 6) is -1.91. The lowest BCUT2D eigenvalue weighted by Crippen LogP contribution is -2.49. The molecule has 2 fully saturated rings. The number of benzene rings is 1. The summed E-state index contributed by atoms with van der Waals surface area (Å²) < 4.78 is 5.94. The molecule has 4 rings (SSSR count). The van der Waals surface area contributed by atoms with Gasteiger partial charge in [-0.3, -0.25) is 9.59 Å². The van der Waals surface area contributed by atoms with E-state index < -0.39 is 29.0 Å². The number of carboxylic acids is 1. The third-order valence-corrected chi connectivity index (χ3v) is 5.37. The van der Waals surface area contributed by atoms with E-state index in [0.29, 0.717) is 13.1 Å². The zero-order valence-corrected chi connectivity index (χ0v) is 12.2. The van der Waals surface area contributed by atoms with Crippen molar-refractivity contribution in [3.8, 4) is 0 Å². The molecule has 1 aromatic carbocycles. The van der Waals surface area contributed by atoms with E-state index in [4.69, 9.17) is 4.74 Å². The second-order valence-corrected chi connectivity index (χ2v) is 6.50. The molecule has 3 heterocycles. The van der Waals surface area contributed by atoms with Gasteiger partial charge in [-0.2, -0.15) is 0 Å². The zero-order valence-electron chi connectivity index (χ0n) is 12.2. The monoisotopic (exact) mass is 299 g/mol. The second-order valence-electron chi connectivity index (χ2n) is 6.50. The summed E-state index contributed by atoms with van der Waals surface area (Å²) in [6.45, 7) is 2.63. The fraction of sp³-hybridized carbons (Fsp3) is 0.412. The lowest BCUT2D eigenvalue weighted by Gasteiger charge is -2.32. The number of nitrogens with zero attached hydrogens (tertiary/aromatic N) is 1. The van der Waals surface area contributed by atoms with Crippen LogP contribution < -0.4 is 0 Å². The Bertz CT molecular complexity index is 685. The number of hydrogen-bond donors (Lipinski definition) is 1. The quantitative estimate of drug-likeness (QED) is 0.858. The summed E-state index contributed by atoms with van der Waals surface area (Å²) in [5.41, 5.74) is -0.791. The Labute approximate surface area is 128 Å². The van der Waals surface area contributed by atoms with E-state index in [2.05, 4.69) is 0 Å². The summed E-state index contributed by atoms with van der Waals surface area (Å²) >= 11 is 0. The minimum atomic E-state index is -1.02. The summed E-state index contributed by atoms with van der Waals surface area (Å²) in [4.78, 5) is 26.3. The lowest BCUT2D eigenvalue weighted by molar-refractivity contribution is -0.152. The number of ether oxygens (including phenoxy) is 1. The molecule has 1 spiro atoms. The normalized spacial score (nSPS) is 38.6. The molecular weight excluding hydrogens is 282 g/mol. The topological polar surface area (TPSA) is 66.8 Å². The number of rotatable bonds is 3. The Morgan fingerprint density at radius 3 is 2.82 bits per heavy atom. The highest BCUT2D eigenvalue weighted by Gasteiger charge is 2.74. The summed E-state index contributed by atoms with van der Waals surface area (Å²) in [5, 5.41) is 9.55. The van der Waals surface area contributed by atoms with Crippen LogP contribution in [-0.4, -0.2) is 40.1 Å². The van der Waals surface area contributed by atoms with Crippen LogP contribution in [-0.2, 0) is 20.9 Å². The van der Waals surface area contributed by atoms with Crippen molar-refractivity contribution in [2.45, 2.75) is 25.2 Å². The Hall–Kier alpha value is -2.14. The van der Waals surface area contributed by atoms with Crippen molar-refractivity contribution in [1.82, 2.24) is 4.90 Å². The van der Waals surface area contributed by atoms with Crippen LogP contribution in [0.15, 0.2) is 42.5 Å². The smallest absolute Gasteiger partial charge is 0.310 e. The van der Waals surface area contributed by atoms with Crippen LogP contribution in [0.1, 0.15) is 12.5 Å². The Kier molecular flexibility index (Phi) is 2.58. The minimum Gasteiger partial charge on any atom is -0.481 e. The standard InChI is InChI=1S/C17H17NO4/c1-16-13(14(19)20)12-7-8-17(16,22-12)10-18(15(16)21)9-11-5-3-2-4-6-11/h2-8,12-13H,9-10H2,1H3,(H,19,20). The molecule has 0 aromatic heterocycles. The average molecular weight is 299 g/mol. The van der Waals surface area contributed by atoms with E-state index in [9.17, 15) is 14.7 Å². The van der Waals surface area contributed by atoms with Crippen molar-refractivity contribution in [2.75, 3.05) is 6.54 Å². The van der Waals surface area contributed by atoms with Crippen LogP contribution in [0.2, 0.25) is 0 Å². The van der Waals surface area contributed by atoms with Gasteiger partial charge in [0.25, 0.3) is 0 Å². The molecule has 0 radical (unpaired) electrons. The van der Waals surface area contributed by atoms with Crippen LogP contribution in [0.3, 0.4) is 0 Å². The van der Waals surface area contributed by atoms with Gasteiger partial charge in [-0.25, -0.2) is 0 Å². The Morgan fingerprint density at radius 2 is 2.14 bits per heavy atom. The van der Waals surface area contributed by atoms with Crippen LogP contribution in [0.5, 0.6) is 0 Å². The molecule has 2 bridgehead atoms. The van der Waals surface area contributed by atoms with Crippen LogP contribution in [0.4, 0.5) is 0 Å². The molecule has 22 heavy (non-hydrogen) atoms. The second kappa shape index (κ2) is 4.20. The van der Waals surface area contributed by atoms with Gasteiger partial charge in [0, 0.05) is 6.54 Å². The first-order valence-corrected chi connectivity index (χ1v) is 7.41. The fourth-order valence-electron chi connectivity index (χ4n) is 4.21. The van der Waals surface area contributed by atoms with E-state index >= 15 is 0 Å². The fourth-order valence-corrected chi connectivity index (χ4v) is 4.21. The molecule has 114 valence electrons. The number of likely N-dealkylation sites (tertiary alicyclic amines) is 1. The van der Waals surface area contributed by atoms with Crippen LogP contribution in [0.25, 0.3) is 0 Å². The number of carbonyl (C=O) groups excluding carboxylic acids is 1. The van der Waals surface area contributed by atoms with E-state index in [0.717, 1.165) is 5.56 Å². The molecular formula is C17H17NO4. The van der Waals surface area contributed by atoms with Gasteiger partial charge >= 0.3 is 5.97 Å². The molecule has 1 amide bonds. The highest BCUT2D eigenvalue weighted by atomic mass is 16.5. The van der Waals surface area contributed by atoms with Gasteiger partial charge in [-0.05, 0) is 12.5 Å². The molecule has 4 unspecified atom stereocenters. The zero-order chi connectivity index (χ0) is 15.5. The van der Waals surface area contributed by atoms with E-state index in [1.54, 1.807) is 17.9 Å². The molecule has 3 aliphatic rings. The molecule has 2 saturated heterocycles. The maximum Gasteiger partial charge on any atom is 0.310 e. The maximum absolute atomic E-state index is 13.0. The number of carbonyl (C=O) groups is 2. The first-order chi connectivity index (χ1) is 10.5. The van der Waals surface area contributed by atoms with Gasteiger partial charge in [0.15, 0.2) is 0 Å². The maximum atomic E-state index is 13.0. The largest absolute Gasteiger partial charge is 0.481 e. The van der Waals surface area contributed by atoms with E-state index in [1.165, 1.54) is 0 Å². The molecule has 0 saturated carbocycles. The molecule has 1 N–H and O–H groups in total. The van der Waals surface area contributed by atoms with Gasteiger partial charge in [0.1, 0.15) is 11.5 Å². The number of aliphatic carboxylic acids is 1. The van der Waals surface area contributed by atoms with Crippen molar-refractivity contribution >= 4 is 11.9 Å². The van der Waals surface area contributed by atoms with E-state index in [-0.39, 0.29) is 5.91 Å². The van der Waals surface area contributed by atoms with Gasteiger partial charge < -0.3 is 14.7 Å².